The van der Waals surface area contributed by atoms with E-state index in [0.717, 1.165) is 30.1 Å². The molecule has 0 radical (unpaired) electrons. The van der Waals surface area contributed by atoms with Crippen LogP contribution in [-0.4, -0.2) is 12.3 Å². The van der Waals surface area contributed by atoms with Gasteiger partial charge in [-0.1, -0.05) is 181 Å². The van der Waals surface area contributed by atoms with E-state index in [4.69, 9.17) is 0 Å². The highest BCUT2D eigenvalue weighted by atomic mass is 32.1. The zero-order valence-corrected chi connectivity index (χ0v) is 46.3. The summed E-state index contributed by atoms with van der Waals surface area (Å²) in [5.41, 5.74) is 21.0. The van der Waals surface area contributed by atoms with Crippen LogP contribution < -0.4 is 20.0 Å². The number of thiophene rings is 1. The van der Waals surface area contributed by atoms with Crippen molar-refractivity contribution < 1.29 is 0 Å². The van der Waals surface area contributed by atoms with E-state index < -0.39 is 0 Å². The molecule has 0 amide bonds. The highest BCUT2D eigenvalue weighted by Gasteiger charge is 2.72. The number of hydrogen-bond donors (Lipinski definition) is 0. The van der Waals surface area contributed by atoms with E-state index in [0.29, 0.717) is 17.8 Å². The van der Waals surface area contributed by atoms with Gasteiger partial charge in [-0.15, -0.1) is 11.3 Å². The van der Waals surface area contributed by atoms with Gasteiger partial charge in [0.2, 0.25) is 0 Å². The molecule has 4 saturated carbocycles. The molecule has 370 valence electrons. The summed E-state index contributed by atoms with van der Waals surface area (Å²) in [6, 6.07) is 32.4. The van der Waals surface area contributed by atoms with Crippen molar-refractivity contribution in [2.75, 3.05) is 9.80 Å². The Balaban J connectivity index is 1.08. The number of nitrogens with zero attached hydrogens (tertiary/aromatic N) is 2. The molecular formula is C68H79BN2S. The van der Waals surface area contributed by atoms with Gasteiger partial charge in [0.1, 0.15) is 0 Å². The zero-order valence-electron chi connectivity index (χ0n) is 45.5. The molecule has 72 heavy (non-hydrogen) atoms. The van der Waals surface area contributed by atoms with E-state index in [1.165, 1.54) is 142 Å². The first-order valence-corrected chi connectivity index (χ1v) is 29.6. The van der Waals surface area contributed by atoms with Crippen LogP contribution in [0.15, 0.2) is 126 Å². The van der Waals surface area contributed by atoms with Gasteiger partial charge >= 0.3 is 0 Å². The maximum Gasteiger partial charge on any atom is 0.260 e. The predicted octanol–water partition coefficient (Wildman–Crippen LogP) is 17.0. The quantitative estimate of drug-likeness (QED) is 0.166. The lowest BCUT2D eigenvalue weighted by atomic mass is 9.33. The molecular weight excluding hydrogens is 888 g/mol. The van der Waals surface area contributed by atoms with Gasteiger partial charge < -0.3 is 9.80 Å². The maximum atomic E-state index is 3.03. The van der Waals surface area contributed by atoms with Gasteiger partial charge in [-0.2, -0.15) is 0 Å². The molecule has 4 heteroatoms. The Labute approximate surface area is 437 Å². The fourth-order valence-corrected chi connectivity index (χ4v) is 18.4. The van der Waals surface area contributed by atoms with Crippen molar-refractivity contribution in [3.63, 3.8) is 0 Å². The van der Waals surface area contributed by atoms with Crippen molar-refractivity contribution in [2.24, 2.45) is 46.8 Å². The van der Waals surface area contributed by atoms with Crippen LogP contribution in [0.1, 0.15) is 169 Å². The van der Waals surface area contributed by atoms with Crippen molar-refractivity contribution in [2.45, 2.75) is 169 Å². The second-order valence-corrected chi connectivity index (χ2v) is 29.4. The number of benzene rings is 4. The first-order valence-electron chi connectivity index (χ1n) is 28.7. The molecule has 3 heterocycles. The molecule has 6 unspecified atom stereocenters. The summed E-state index contributed by atoms with van der Waals surface area (Å²) in [7, 11) is 0. The van der Waals surface area contributed by atoms with Gasteiger partial charge in [0.05, 0.1) is 11.2 Å². The first kappa shape index (κ1) is 46.0. The highest BCUT2D eigenvalue weighted by Crippen LogP contribution is 2.71. The molecule has 1 aromatic heterocycles. The first-order chi connectivity index (χ1) is 34.3. The molecule has 7 aliphatic carbocycles. The summed E-state index contributed by atoms with van der Waals surface area (Å²) >= 11 is 2.12. The lowest BCUT2D eigenvalue weighted by molar-refractivity contribution is 0.00369. The molecule has 9 aliphatic rings. The van der Waals surface area contributed by atoms with Crippen LogP contribution in [0.2, 0.25) is 0 Å². The van der Waals surface area contributed by atoms with Crippen molar-refractivity contribution in [1.29, 1.82) is 0 Å². The Morgan fingerprint density at radius 1 is 0.708 bits per heavy atom. The average Bonchev–Trinajstić information content (AvgIpc) is 3.93. The molecule has 4 fully saturated rings. The van der Waals surface area contributed by atoms with E-state index >= 15 is 0 Å². The maximum absolute atomic E-state index is 3.03. The monoisotopic (exact) mass is 967 g/mol. The van der Waals surface area contributed by atoms with Crippen LogP contribution in [0, 0.1) is 46.8 Å². The van der Waals surface area contributed by atoms with Gasteiger partial charge in [0.25, 0.3) is 6.71 Å². The topological polar surface area (TPSA) is 6.48 Å². The Morgan fingerprint density at radius 2 is 1.39 bits per heavy atom. The largest absolute Gasteiger partial charge is 0.331 e. The van der Waals surface area contributed by atoms with Gasteiger partial charge in [-0.25, -0.2) is 0 Å². The molecule has 1 spiro atoms. The Morgan fingerprint density at radius 3 is 2.06 bits per heavy atom. The lowest BCUT2D eigenvalue weighted by Gasteiger charge is -2.55. The third kappa shape index (κ3) is 6.51. The van der Waals surface area contributed by atoms with Crippen molar-refractivity contribution in [3.05, 3.63) is 148 Å². The minimum atomic E-state index is -0.170. The lowest BCUT2D eigenvalue weighted by Crippen LogP contribution is -2.63. The SMILES string of the molecule is CC(C)(C)c1ccc(N2c3c(sc4cc5c(cc34)-c3ccccc3C5(C)C)B3C4=C(C=C(C5C6CCCCC6CC6CCCCC65)C5C[C@@]452)N(C2=CCC(C(C)(C)C)C=C2)c2ccc(C(C)(C)C)cc23)cc1. The van der Waals surface area contributed by atoms with E-state index in [-0.39, 0.29) is 33.9 Å². The van der Waals surface area contributed by atoms with Gasteiger partial charge in [-0.3, -0.25) is 0 Å². The van der Waals surface area contributed by atoms with E-state index in [2.05, 4.69) is 200 Å². The Bertz CT molecular complexity index is 3200. The fraction of sp³-hybridized carbons (Fsp3) is 0.500. The van der Waals surface area contributed by atoms with Crippen molar-refractivity contribution in [1.82, 2.24) is 0 Å². The summed E-state index contributed by atoms with van der Waals surface area (Å²) in [5.74, 6) is 5.07. The number of fused-ring (bicyclic) bond motifs is 11. The van der Waals surface area contributed by atoms with Crippen LogP contribution in [0.25, 0.3) is 21.2 Å². The van der Waals surface area contributed by atoms with Gasteiger partial charge in [-0.05, 0) is 171 Å². The van der Waals surface area contributed by atoms with E-state index in [9.17, 15) is 0 Å². The number of allylic oxidation sites excluding steroid dienone is 4. The van der Waals surface area contributed by atoms with Gasteiger partial charge in [0.15, 0.2) is 0 Å². The Kier molecular flexibility index (Phi) is 9.92. The molecule has 5 aromatic rings. The van der Waals surface area contributed by atoms with Crippen LogP contribution >= 0.6 is 11.3 Å². The summed E-state index contributed by atoms with van der Waals surface area (Å²) < 4.78 is 2.99. The standard InChI is InChI=1S/C68H79BN2S/c1-64(2,3)42-24-29-45(30-25-42)70-57-33-28-44(66(7,8)9)35-56(57)69-62-58(70)37-51(60-47-20-14-12-18-40(47)34-41-19-13-15-21-48(41)60)55-39-68(55,62)71(46-31-26-43(27-32-46)65(4,5)6)61-52-36-50-49-22-16-17-23-53(49)67(10,11)54(50)38-59(52)72-63(61)69/h16-17,22-24,26-33,35-38,40-42,47-48,55,60H,12-15,18-21,25,34,39H2,1-11H3/t40?,41?,42?,47?,48?,55?,60?,68-/m0/s1. The predicted molar refractivity (Wildman–Crippen MR) is 309 cm³/mol. The third-order valence-electron chi connectivity index (χ3n) is 20.9. The number of hydrogen-bond acceptors (Lipinski definition) is 3. The Hall–Kier alpha value is -4.54. The minimum absolute atomic E-state index is 0.0181. The summed E-state index contributed by atoms with van der Waals surface area (Å²) in [5, 5.41) is 1.46. The minimum Gasteiger partial charge on any atom is -0.331 e. The summed E-state index contributed by atoms with van der Waals surface area (Å²) in [4.78, 5) is 5.87. The second kappa shape index (κ2) is 15.5. The fourth-order valence-electron chi connectivity index (χ4n) is 17.1. The molecule has 0 N–H and O–H groups in total. The molecule has 0 bridgehead atoms. The van der Waals surface area contributed by atoms with E-state index in [1.54, 1.807) is 10.2 Å². The smallest absolute Gasteiger partial charge is 0.260 e. The number of anilines is 3. The zero-order chi connectivity index (χ0) is 49.6. The third-order valence-corrected chi connectivity index (χ3v) is 22.1. The molecule has 4 aromatic carbocycles. The van der Waals surface area contributed by atoms with Crippen LogP contribution in [-0.2, 0) is 16.2 Å². The van der Waals surface area contributed by atoms with Crippen molar-refractivity contribution in [3.8, 4) is 11.1 Å². The summed E-state index contributed by atoms with van der Waals surface area (Å²) in [6.07, 6.45) is 25.9. The molecule has 14 rings (SSSR count). The van der Waals surface area contributed by atoms with E-state index in [1.807, 2.05) is 5.57 Å². The average molecular weight is 967 g/mol. The molecule has 2 nitrogen and oxygen atoms in total. The number of rotatable bonds is 3. The van der Waals surface area contributed by atoms with Crippen molar-refractivity contribution >= 4 is 55.4 Å². The van der Waals surface area contributed by atoms with Crippen LogP contribution in [0.5, 0.6) is 0 Å². The molecule has 2 aliphatic heterocycles. The normalized spacial score (nSPS) is 29.8. The molecule has 7 atom stereocenters. The van der Waals surface area contributed by atoms with Crippen LogP contribution in [0.3, 0.4) is 0 Å². The van der Waals surface area contributed by atoms with Crippen LogP contribution in [0.4, 0.5) is 17.1 Å². The van der Waals surface area contributed by atoms with Gasteiger partial charge in [0, 0.05) is 49.0 Å². The second-order valence-electron chi connectivity index (χ2n) is 28.3. The molecule has 0 saturated heterocycles. The summed E-state index contributed by atoms with van der Waals surface area (Å²) in [6.45, 7) is 26.8. The highest BCUT2D eigenvalue weighted by molar-refractivity contribution is 7.32.